The van der Waals surface area contributed by atoms with E-state index in [1.54, 1.807) is 4.90 Å². The second-order valence-electron chi connectivity index (χ2n) is 7.25. The van der Waals surface area contributed by atoms with Crippen molar-refractivity contribution < 1.29 is 14.7 Å². The highest BCUT2D eigenvalue weighted by Crippen LogP contribution is 2.52. The average molecular weight is 313 g/mol. The largest absolute Gasteiger partial charge is 0.375 e. The van der Waals surface area contributed by atoms with Crippen LogP contribution in [0.3, 0.4) is 0 Å². The van der Waals surface area contributed by atoms with Crippen molar-refractivity contribution in [3.63, 3.8) is 0 Å². The maximum atomic E-state index is 13.1. The van der Waals surface area contributed by atoms with E-state index in [1.807, 2.05) is 33.8 Å². The molecule has 4 heteroatoms. The molecule has 2 aliphatic heterocycles. The smallest absolute Gasteiger partial charge is 0.264 e. The summed E-state index contributed by atoms with van der Waals surface area (Å²) in [4.78, 5) is 26.4. The van der Waals surface area contributed by atoms with E-state index in [-0.39, 0.29) is 12.2 Å². The Morgan fingerprint density at radius 1 is 1.30 bits per heavy atom. The second-order valence-corrected chi connectivity index (χ2v) is 7.25. The first-order valence-corrected chi connectivity index (χ1v) is 8.05. The van der Waals surface area contributed by atoms with Gasteiger partial charge in [-0.25, -0.2) is 0 Å². The number of aliphatic hydroxyl groups is 1. The molecule has 2 heterocycles. The van der Waals surface area contributed by atoms with Crippen LogP contribution in [0.5, 0.6) is 0 Å². The number of Topliss-reactive ketones (excluding diaryl/α,β-unsaturated/α-hetero) is 1. The summed E-state index contributed by atoms with van der Waals surface area (Å²) in [7, 11) is 0. The molecule has 1 aromatic carbocycles. The molecule has 3 rings (SSSR count). The van der Waals surface area contributed by atoms with Crippen LogP contribution in [-0.2, 0) is 21.6 Å². The molecule has 0 spiro atoms. The first-order chi connectivity index (χ1) is 10.6. The standard InChI is InChI=1S/C19H23NO3/c1-6-13-7-14-11(2)9-18(4,5)20-16(14)15(8-13)19(23,17(20)22)10-12(3)21/h7-9,23H,6,10H2,1-5H3. The zero-order chi connectivity index (χ0) is 17.2. The van der Waals surface area contributed by atoms with Crippen molar-refractivity contribution in [2.75, 3.05) is 4.90 Å². The van der Waals surface area contributed by atoms with E-state index >= 15 is 0 Å². The number of benzene rings is 1. The third-order valence-corrected chi connectivity index (χ3v) is 4.88. The Hall–Kier alpha value is -1.94. The predicted octanol–water partition coefficient (Wildman–Crippen LogP) is 2.96. The molecule has 0 fully saturated rings. The molecule has 0 bridgehead atoms. The SMILES string of the molecule is CCc1cc2c3c(c1)C(O)(CC(C)=O)C(=O)N3C(C)(C)C=C2C. The van der Waals surface area contributed by atoms with Crippen LogP contribution in [0.25, 0.3) is 5.57 Å². The molecule has 23 heavy (non-hydrogen) atoms. The van der Waals surface area contributed by atoms with E-state index in [0.29, 0.717) is 5.56 Å². The van der Waals surface area contributed by atoms with Crippen molar-refractivity contribution in [1.29, 1.82) is 0 Å². The number of hydrogen-bond donors (Lipinski definition) is 1. The van der Waals surface area contributed by atoms with Crippen LogP contribution in [0.1, 0.15) is 57.7 Å². The number of carbonyl (C=O) groups is 2. The number of amides is 1. The number of nitrogens with zero attached hydrogens (tertiary/aromatic N) is 1. The van der Waals surface area contributed by atoms with Crippen LogP contribution >= 0.6 is 0 Å². The summed E-state index contributed by atoms with van der Waals surface area (Å²) in [5, 5.41) is 11.1. The maximum Gasteiger partial charge on any atom is 0.264 e. The number of ketones is 1. The van der Waals surface area contributed by atoms with Crippen molar-refractivity contribution >= 4 is 23.0 Å². The Labute approximate surface area is 136 Å². The van der Waals surface area contributed by atoms with E-state index in [4.69, 9.17) is 0 Å². The summed E-state index contributed by atoms with van der Waals surface area (Å²) in [5.41, 5.74) is 2.19. The number of aryl methyl sites for hydroxylation is 1. The fraction of sp³-hybridized carbons (Fsp3) is 0.474. The van der Waals surface area contributed by atoms with E-state index in [9.17, 15) is 14.7 Å². The Kier molecular flexibility index (Phi) is 3.31. The highest BCUT2D eigenvalue weighted by molar-refractivity contribution is 6.13. The Balaban J connectivity index is 2.36. The average Bonchev–Trinajstić information content (AvgIpc) is 2.65. The minimum absolute atomic E-state index is 0.183. The van der Waals surface area contributed by atoms with Gasteiger partial charge in [0.15, 0.2) is 5.60 Å². The normalized spacial score (nSPS) is 24.5. The van der Waals surface area contributed by atoms with Crippen LogP contribution in [0, 0.1) is 0 Å². The fourth-order valence-electron chi connectivity index (χ4n) is 3.91. The Bertz CT molecular complexity index is 760. The highest BCUT2D eigenvalue weighted by Gasteiger charge is 2.55. The molecule has 1 aromatic rings. The number of allylic oxidation sites excluding steroid dienone is 1. The van der Waals surface area contributed by atoms with Crippen LogP contribution in [0.2, 0.25) is 0 Å². The van der Waals surface area contributed by atoms with Crippen LogP contribution in [0.15, 0.2) is 18.2 Å². The first-order valence-electron chi connectivity index (χ1n) is 8.05. The summed E-state index contributed by atoms with van der Waals surface area (Å²) in [6.45, 7) is 9.38. The maximum absolute atomic E-state index is 13.1. The lowest BCUT2D eigenvalue weighted by Crippen LogP contribution is -2.51. The van der Waals surface area contributed by atoms with Gasteiger partial charge in [-0.1, -0.05) is 19.1 Å². The molecule has 1 N–H and O–H groups in total. The van der Waals surface area contributed by atoms with Crippen LogP contribution in [-0.4, -0.2) is 22.3 Å². The molecule has 2 aliphatic rings. The number of anilines is 1. The number of rotatable bonds is 3. The van der Waals surface area contributed by atoms with Gasteiger partial charge in [-0.3, -0.25) is 14.5 Å². The first kappa shape index (κ1) is 15.9. The van der Waals surface area contributed by atoms with Crippen molar-refractivity contribution in [1.82, 2.24) is 0 Å². The molecular weight excluding hydrogens is 290 g/mol. The molecule has 1 amide bonds. The Morgan fingerprint density at radius 2 is 1.96 bits per heavy atom. The van der Waals surface area contributed by atoms with E-state index in [0.717, 1.165) is 28.8 Å². The molecule has 1 atom stereocenters. The molecular formula is C19H23NO3. The second kappa shape index (κ2) is 4.78. The molecule has 4 nitrogen and oxygen atoms in total. The zero-order valence-corrected chi connectivity index (χ0v) is 14.4. The van der Waals surface area contributed by atoms with Crippen molar-refractivity contribution in [2.45, 2.75) is 58.6 Å². The van der Waals surface area contributed by atoms with Crippen molar-refractivity contribution in [3.05, 3.63) is 34.9 Å². The molecule has 1 unspecified atom stereocenters. The van der Waals surface area contributed by atoms with E-state index in [1.165, 1.54) is 6.92 Å². The summed E-state index contributed by atoms with van der Waals surface area (Å²) < 4.78 is 0. The van der Waals surface area contributed by atoms with Gasteiger partial charge in [-0.05, 0) is 51.3 Å². The van der Waals surface area contributed by atoms with Gasteiger partial charge in [0.2, 0.25) is 0 Å². The van der Waals surface area contributed by atoms with Gasteiger partial charge >= 0.3 is 0 Å². The van der Waals surface area contributed by atoms with Gasteiger partial charge in [0.1, 0.15) is 5.78 Å². The highest BCUT2D eigenvalue weighted by atomic mass is 16.3. The van der Waals surface area contributed by atoms with Gasteiger partial charge in [0.25, 0.3) is 5.91 Å². The fourth-order valence-corrected chi connectivity index (χ4v) is 3.91. The van der Waals surface area contributed by atoms with Crippen molar-refractivity contribution in [3.8, 4) is 0 Å². The molecule has 0 aliphatic carbocycles. The number of hydrogen-bond acceptors (Lipinski definition) is 3. The molecule has 122 valence electrons. The van der Waals surface area contributed by atoms with Gasteiger partial charge in [-0.2, -0.15) is 0 Å². The van der Waals surface area contributed by atoms with E-state index < -0.39 is 17.0 Å². The zero-order valence-electron chi connectivity index (χ0n) is 14.4. The summed E-state index contributed by atoms with van der Waals surface area (Å²) >= 11 is 0. The lowest BCUT2D eigenvalue weighted by molar-refractivity contribution is -0.141. The van der Waals surface area contributed by atoms with Crippen LogP contribution in [0.4, 0.5) is 5.69 Å². The van der Waals surface area contributed by atoms with Gasteiger partial charge in [0.05, 0.1) is 11.2 Å². The molecule has 0 saturated carbocycles. The minimum atomic E-state index is -1.75. The predicted molar refractivity (Wildman–Crippen MR) is 90.2 cm³/mol. The topological polar surface area (TPSA) is 57.6 Å². The summed E-state index contributed by atoms with van der Waals surface area (Å²) in [6.07, 6.45) is 2.67. The van der Waals surface area contributed by atoms with Gasteiger partial charge in [-0.15, -0.1) is 0 Å². The number of carbonyl (C=O) groups excluding carboxylic acids is 2. The molecule has 0 radical (unpaired) electrons. The lowest BCUT2D eigenvalue weighted by Gasteiger charge is -2.39. The third kappa shape index (κ3) is 2.08. The summed E-state index contributed by atoms with van der Waals surface area (Å²) in [5.74, 6) is -0.593. The van der Waals surface area contributed by atoms with Crippen LogP contribution < -0.4 is 4.90 Å². The summed E-state index contributed by atoms with van der Waals surface area (Å²) in [6, 6.07) is 3.97. The Morgan fingerprint density at radius 3 is 2.52 bits per heavy atom. The van der Waals surface area contributed by atoms with Gasteiger partial charge in [0, 0.05) is 17.5 Å². The van der Waals surface area contributed by atoms with Crippen molar-refractivity contribution in [2.24, 2.45) is 0 Å². The third-order valence-electron chi connectivity index (χ3n) is 4.88. The quantitative estimate of drug-likeness (QED) is 0.933. The molecule has 0 saturated heterocycles. The monoisotopic (exact) mass is 313 g/mol. The minimum Gasteiger partial charge on any atom is -0.375 e. The van der Waals surface area contributed by atoms with E-state index in [2.05, 4.69) is 12.1 Å². The van der Waals surface area contributed by atoms with Gasteiger partial charge < -0.3 is 5.11 Å². The lowest BCUT2D eigenvalue weighted by atomic mass is 9.85. The molecule has 0 aromatic heterocycles.